The number of hydrogen-bond donors (Lipinski definition) is 1. The van der Waals surface area contributed by atoms with Crippen molar-refractivity contribution >= 4 is 12.0 Å². The first-order valence-corrected chi connectivity index (χ1v) is 6.55. The summed E-state index contributed by atoms with van der Waals surface area (Å²) in [6.07, 6.45) is 0. The number of carbonyl (C=O) groups is 2. The van der Waals surface area contributed by atoms with Gasteiger partial charge in [0.1, 0.15) is 5.54 Å². The van der Waals surface area contributed by atoms with E-state index in [9.17, 15) is 14.7 Å². The van der Waals surface area contributed by atoms with Gasteiger partial charge in [-0.1, -0.05) is 0 Å². The van der Waals surface area contributed by atoms with Crippen LogP contribution in [-0.2, 0) is 9.53 Å². The van der Waals surface area contributed by atoms with Crippen molar-refractivity contribution in [3.8, 4) is 0 Å². The molecule has 0 atom stereocenters. The van der Waals surface area contributed by atoms with Gasteiger partial charge in [-0.2, -0.15) is 0 Å². The number of carboxylic acids is 1. The second-order valence-electron chi connectivity index (χ2n) is 5.92. The Kier molecular flexibility index (Phi) is 4.45. The van der Waals surface area contributed by atoms with E-state index in [1.165, 1.54) is 4.90 Å². The smallest absolute Gasteiger partial charge is 0.329 e. The minimum atomic E-state index is -1.21. The van der Waals surface area contributed by atoms with Crippen molar-refractivity contribution in [2.45, 2.75) is 45.8 Å². The minimum absolute atomic E-state index is 0.244. The summed E-state index contributed by atoms with van der Waals surface area (Å²) >= 11 is 0. The standard InChI is InChI=1S/C13H24N2O4/c1-6-15(13(4,5)10(16)17)11(18)14-7-8-19-12(2,3)9-14/h6-9H2,1-5H3,(H,16,17). The van der Waals surface area contributed by atoms with Gasteiger partial charge in [0.2, 0.25) is 0 Å². The van der Waals surface area contributed by atoms with Crippen molar-refractivity contribution in [3.05, 3.63) is 0 Å². The molecule has 19 heavy (non-hydrogen) atoms. The molecule has 1 saturated heterocycles. The molecule has 1 heterocycles. The molecule has 0 aromatic carbocycles. The summed E-state index contributed by atoms with van der Waals surface area (Å²) < 4.78 is 5.56. The maximum absolute atomic E-state index is 12.5. The SMILES string of the molecule is CCN(C(=O)N1CCOC(C)(C)C1)C(C)(C)C(=O)O. The van der Waals surface area contributed by atoms with Gasteiger partial charge in [0.05, 0.1) is 18.8 Å². The molecule has 2 amide bonds. The van der Waals surface area contributed by atoms with Gasteiger partial charge in [-0.05, 0) is 34.6 Å². The molecular formula is C13H24N2O4. The van der Waals surface area contributed by atoms with Gasteiger partial charge in [0, 0.05) is 13.1 Å². The van der Waals surface area contributed by atoms with E-state index >= 15 is 0 Å². The molecule has 1 aliphatic rings. The molecule has 0 aromatic rings. The molecule has 0 aromatic heterocycles. The van der Waals surface area contributed by atoms with Crippen molar-refractivity contribution < 1.29 is 19.4 Å². The lowest BCUT2D eigenvalue weighted by Gasteiger charge is -2.43. The summed E-state index contributed by atoms with van der Waals surface area (Å²) in [5, 5.41) is 9.26. The lowest BCUT2D eigenvalue weighted by molar-refractivity contribution is -0.148. The van der Waals surface area contributed by atoms with Crippen molar-refractivity contribution in [2.24, 2.45) is 0 Å². The molecule has 0 bridgehead atoms. The van der Waals surface area contributed by atoms with Crippen LogP contribution in [0.3, 0.4) is 0 Å². The quantitative estimate of drug-likeness (QED) is 0.843. The van der Waals surface area contributed by atoms with E-state index in [1.54, 1.807) is 25.7 Å². The fourth-order valence-corrected chi connectivity index (χ4v) is 2.24. The highest BCUT2D eigenvalue weighted by molar-refractivity contribution is 5.85. The average Bonchev–Trinajstić information content (AvgIpc) is 2.27. The first kappa shape index (κ1) is 15.8. The zero-order valence-corrected chi connectivity index (χ0v) is 12.4. The van der Waals surface area contributed by atoms with Crippen LogP contribution >= 0.6 is 0 Å². The molecule has 1 aliphatic heterocycles. The zero-order valence-electron chi connectivity index (χ0n) is 12.4. The molecule has 6 heteroatoms. The summed E-state index contributed by atoms with van der Waals surface area (Å²) in [5.41, 5.74) is -1.60. The number of nitrogens with zero attached hydrogens (tertiary/aromatic N) is 2. The van der Waals surface area contributed by atoms with Crippen LogP contribution in [0.25, 0.3) is 0 Å². The van der Waals surface area contributed by atoms with Crippen LogP contribution in [-0.4, -0.2) is 64.3 Å². The lowest BCUT2D eigenvalue weighted by Crippen LogP contribution is -2.60. The summed E-state index contributed by atoms with van der Waals surface area (Å²) in [7, 11) is 0. The first-order valence-electron chi connectivity index (χ1n) is 6.55. The number of carboxylic acid groups (broad SMARTS) is 1. The Morgan fingerprint density at radius 2 is 2.00 bits per heavy atom. The second-order valence-corrected chi connectivity index (χ2v) is 5.92. The number of rotatable bonds is 3. The van der Waals surface area contributed by atoms with E-state index < -0.39 is 11.5 Å². The highest BCUT2D eigenvalue weighted by Gasteiger charge is 2.40. The van der Waals surface area contributed by atoms with E-state index in [2.05, 4.69) is 0 Å². The number of urea groups is 1. The highest BCUT2D eigenvalue weighted by Crippen LogP contribution is 2.21. The fourth-order valence-electron chi connectivity index (χ4n) is 2.24. The van der Waals surface area contributed by atoms with Crippen LogP contribution in [0.4, 0.5) is 4.79 Å². The highest BCUT2D eigenvalue weighted by atomic mass is 16.5. The Bertz CT molecular complexity index is 366. The summed E-state index contributed by atoms with van der Waals surface area (Å²) in [6.45, 7) is 10.5. The van der Waals surface area contributed by atoms with Gasteiger partial charge in [-0.25, -0.2) is 9.59 Å². The first-order chi connectivity index (χ1) is 8.62. The van der Waals surface area contributed by atoms with Gasteiger partial charge in [0.25, 0.3) is 0 Å². The van der Waals surface area contributed by atoms with E-state index in [4.69, 9.17) is 4.74 Å². The molecule has 0 saturated carbocycles. The van der Waals surface area contributed by atoms with Crippen molar-refractivity contribution in [3.63, 3.8) is 0 Å². The van der Waals surface area contributed by atoms with Crippen LogP contribution < -0.4 is 0 Å². The maximum atomic E-state index is 12.5. The average molecular weight is 272 g/mol. The summed E-state index contributed by atoms with van der Waals surface area (Å²) in [4.78, 5) is 26.9. The Morgan fingerprint density at radius 3 is 2.42 bits per heavy atom. The number of amides is 2. The molecule has 1 N–H and O–H groups in total. The van der Waals surface area contributed by atoms with Crippen LogP contribution in [0.1, 0.15) is 34.6 Å². The third-order valence-corrected chi connectivity index (χ3v) is 3.44. The predicted octanol–water partition coefficient (Wildman–Crippen LogP) is 1.40. The fraction of sp³-hybridized carbons (Fsp3) is 0.846. The van der Waals surface area contributed by atoms with Gasteiger partial charge in [-0.3, -0.25) is 0 Å². The molecule has 110 valence electrons. The molecule has 0 spiro atoms. The van der Waals surface area contributed by atoms with Gasteiger partial charge >= 0.3 is 12.0 Å². The van der Waals surface area contributed by atoms with Gasteiger partial charge in [0.15, 0.2) is 0 Å². The molecular weight excluding hydrogens is 248 g/mol. The monoisotopic (exact) mass is 272 g/mol. The largest absolute Gasteiger partial charge is 0.480 e. The number of aliphatic carboxylic acids is 1. The number of carbonyl (C=O) groups excluding carboxylic acids is 1. The second kappa shape index (κ2) is 5.36. The summed E-state index contributed by atoms with van der Waals surface area (Å²) in [6, 6.07) is -0.244. The molecule has 1 rings (SSSR count). The van der Waals surface area contributed by atoms with E-state index in [0.29, 0.717) is 26.2 Å². The Hall–Kier alpha value is -1.30. The number of ether oxygens (including phenoxy) is 1. The molecule has 0 unspecified atom stereocenters. The molecule has 1 fully saturated rings. The normalized spacial score (nSPS) is 19.1. The minimum Gasteiger partial charge on any atom is -0.480 e. The number of hydrogen-bond acceptors (Lipinski definition) is 3. The molecule has 6 nitrogen and oxygen atoms in total. The topological polar surface area (TPSA) is 70.1 Å². The van der Waals surface area contributed by atoms with Crippen LogP contribution in [0.15, 0.2) is 0 Å². The Morgan fingerprint density at radius 1 is 1.42 bits per heavy atom. The lowest BCUT2D eigenvalue weighted by atomic mass is 10.0. The summed E-state index contributed by atoms with van der Waals surface area (Å²) in [5.74, 6) is -1.00. The van der Waals surface area contributed by atoms with E-state index in [1.807, 2.05) is 13.8 Å². The number of likely N-dealkylation sites (N-methyl/N-ethyl adjacent to an activating group) is 1. The Balaban J connectivity index is 2.88. The van der Waals surface area contributed by atoms with Gasteiger partial charge in [-0.15, -0.1) is 0 Å². The van der Waals surface area contributed by atoms with Crippen LogP contribution in [0.5, 0.6) is 0 Å². The van der Waals surface area contributed by atoms with Crippen molar-refractivity contribution in [1.29, 1.82) is 0 Å². The van der Waals surface area contributed by atoms with E-state index in [0.717, 1.165) is 0 Å². The van der Waals surface area contributed by atoms with Crippen molar-refractivity contribution in [1.82, 2.24) is 9.80 Å². The van der Waals surface area contributed by atoms with Crippen molar-refractivity contribution in [2.75, 3.05) is 26.2 Å². The van der Waals surface area contributed by atoms with Crippen LogP contribution in [0.2, 0.25) is 0 Å². The van der Waals surface area contributed by atoms with Crippen LogP contribution in [0, 0.1) is 0 Å². The third-order valence-electron chi connectivity index (χ3n) is 3.44. The maximum Gasteiger partial charge on any atom is 0.329 e. The third kappa shape index (κ3) is 3.37. The molecule has 0 aliphatic carbocycles. The van der Waals surface area contributed by atoms with E-state index in [-0.39, 0.29) is 11.6 Å². The predicted molar refractivity (Wildman–Crippen MR) is 71.1 cm³/mol. The molecule has 0 radical (unpaired) electrons. The Labute approximate surface area is 114 Å². The number of morpholine rings is 1. The zero-order chi connectivity index (χ0) is 14.8. The van der Waals surface area contributed by atoms with Gasteiger partial charge < -0.3 is 19.6 Å².